The van der Waals surface area contributed by atoms with Crippen LogP contribution in [0.1, 0.15) is 17.2 Å². The molecule has 1 atom stereocenters. The number of halogens is 4. The average molecular weight is 300 g/mol. The lowest BCUT2D eigenvalue weighted by Gasteiger charge is -2.12. The van der Waals surface area contributed by atoms with Crippen molar-refractivity contribution in [2.24, 2.45) is 0 Å². The SMILES string of the molecule is Fc1cc(F)cc(C2Cc3cc(Cl)c(Cl)cc3N2)c1. The monoisotopic (exact) mass is 299 g/mol. The van der Waals surface area contributed by atoms with Crippen LogP contribution in [-0.2, 0) is 6.42 Å². The first-order valence-corrected chi connectivity index (χ1v) is 6.49. The Morgan fingerprint density at radius 1 is 0.947 bits per heavy atom. The van der Waals surface area contributed by atoms with Gasteiger partial charge in [-0.15, -0.1) is 0 Å². The largest absolute Gasteiger partial charge is 0.378 e. The van der Waals surface area contributed by atoms with E-state index in [1.54, 1.807) is 12.1 Å². The van der Waals surface area contributed by atoms with Gasteiger partial charge in [-0.1, -0.05) is 23.2 Å². The Balaban J connectivity index is 1.95. The second-order valence-corrected chi connectivity index (χ2v) is 5.34. The Kier molecular flexibility index (Phi) is 3.11. The van der Waals surface area contributed by atoms with Crippen molar-refractivity contribution in [1.29, 1.82) is 0 Å². The Hall–Kier alpha value is -1.32. The van der Waals surface area contributed by atoms with Gasteiger partial charge in [-0.3, -0.25) is 0 Å². The number of hydrogen-bond donors (Lipinski definition) is 1. The standard InChI is InChI=1S/C14H9Cl2F2N/c15-11-3-8-4-13(19-14(8)6-12(11)16)7-1-9(17)5-10(18)2-7/h1-3,5-6,13,19H,4H2. The average Bonchev–Trinajstić information content (AvgIpc) is 2.71. The maximum atomic E-state index is 13.2. The normalized spacial score (nSPS) is 17.2. The minimum Gasteiger partial charge on any atom is -0.378 e. The summed E-state index contributed by atoms with van der Waals surface area (Å²) < 4.78 is 26.5. The molecule has 0 saturated carbocycles. The zero-order valence-electron chi connectivity index (χ0n) is 9.68. The highest BCUT2D eigenvalue weighted by atomic mass is 35.5. The van der Waals surface area contributed by atoms with E-state index in [1.807, 2.05) is 0 Å². The molecule has 0 spiro atoms. The van der Waals surface area contributed by atoms with E-state index >= 15 is 0 Å². The summed E-state index contributed by atoms with van der Waals surface area (Å²) in [6.45, 7) is 0. The zero-order chi connectivity index (χ0) is 13.6. The van der Waals surface area contributed by atoms with Gasteiger partial charge in [0.15, 0.2) is 0 Å². The summed E-state index contributed by atoms with van der Waals surface area (Å²) in [6.07, 6.45) is 0.620. The molecular formula is C14H9Cl2F2N. The fourth-order valence-corrected chi connectivity index (χ4v) is 2.68. The van der Waals surface area contributed by atoms with Gasteiger partial charge in [0, 0.05) is 11.8 Å². The van der Waals surface area contributed by atoms with Gasteiger partial charge in [0.2, 0.25) is 0 Å². The van der Waals surface area contributed by atoms with Gasteiger partial charge in [0.25, 0.3) is 0 Å². The van der Waals surface area contributed by atoms with Gasteiger partial charge >= 0.3 is 0 Å². The third-order valence-corrected chi connectivity index (χ3v) is 3.91. The lowest BCUT2D eigenvalue weighted by atomic mass is 10.0. The number of anilines is 1. The molecule has 1 N–H and O–H groups in total. The van der Waals surface area contributed by atoms with Crippen molar-refractivity contribution in [1.82, 2.24) is 0 Å². The molecule has 0 amide bonds. The van der Waals surface area contributed by atoms with E-state index in [0.717, 1.165) is 17.3 Å². The van der Waals surface area contributed by atoms with E-state index in [0.29, 0.717) is 22.0 Å². The Bertz CT molecular complexity index is 607. The highest BCUT2D eigenvalue weighted by molar-refractivity contribution is 6.42. The fourth-order valence-electron chi connectivity index (χ4n) is 2.33. The molecule has 0 radical (unpaired) electrons. The number of hydrogen-bond acceptors (Lipinski definition) is 1. The molecular weight excluding hydrogens is 291 g/mol. The molecule has 2 aromatic carbocycles. The van der Waals surface area contributed by atoms with Gasteiger partial charge < -0.3 is 5.32 Å². The topological polar surface area (TPSA) is 12.0 Å². The van der Waals surface area contributed by atoms with Gasteiger partial charge in [0.1, 0.15) is 11.6 Å². The molecule has 0 saturated heterocycles. The maximum Gasteiger partial charge on any atom is 0.126 e. The van der Waals surface area contributed by atoms with Crippen LogP contribution in [0, 0.1) is 11.6 Å². The van der Waals surface area contributed by atoms with Crippen molar-refractivity contribution in [3.63, 3.8) is 0 Å². The first kappa shape index (κ1) is 12.7. The Morgan fingerprint density at radius 3 is 2.26 bits per heavy atom. The highest BCUT2D eigenvalue weighted by Crippen LogP contribution is 2.38. The molecule has 1 unspecified atom stereocenters. The molecule has 1 aliphatic rings. The minimum atomic E-state index is -0.580. The summed E-state index contributed by atoms with van der Waals surface area (Å²) in [6, 6.07) is 6.86. The predicted octanol–water partition coefficient (Wildman–Crippen LogP) is 4.98. The summed E-state index contributed by atoms with van der Waals surface area (Å²) in [5, 5.41) is 4.13. The van der Waals surface area contributed by atoms with Crippen LogP contribution < -0.4 is 5.32 Å². The molecule has 3 rings (SSSR count). The Morgan fingerprint density at radius 2 is 1.58 bits per heavy atom. The van der Waals surface area contributed by atoms with Crippen molar-refractivity contribution in [3.05, 3.63) is 63.1 Å². The van der Waals surface area contributed by atoms with Crippen LogP contribution in [0.2, 0.25) is 10.0 Å². The third-order valence-electron chi connectivity index (χ3n) is 3.19. The predicted molar refractivity (Wildman–Crippen MR) is 72.9 cm³/mol. The Labute approximate surface area is 119 Å². The van der Waals surface area contributed by atoms with Crippen LogP contribution in [0.4, 0.5) is 14.5 Å². The molecule has 19 heavy (non-hydrogen) atoms. The highest BCUT2D eigenvalue weighted by Gasteiger charge is 2.24. The molecule has 0 aromatic heterocycles. The maximum absolute atomic E-state index is 13.2. The number of benzene rings is 2. The third kappa shape index (κ3) is 2.40. The molecule has 1 nitrogen and oxygen atoms in total. The molecule has 1 heterocycles. The van der Waals surface area contributed by atoms with Crippen LogP contribution in [0.15, 0.2) is 30.3 Å². The van der Waals surface area contributed by atoms with Crippen molar-refractivity contribution in [3.8, 4) is 0 Å². The van der Waals surface area contributed by atoms with Crippen LogP contribution >= 0.6 is 23.2 Å². The van der Waals surface area contributed by atoms with E-state index in [9.17, 15) is 8.78 Å². The van der Waals surface area contributed by atoms with Gasteiger partial charge in [-0.25, -0.2) is 8.78 Å². The van der Waals surface area contributed by atoms with Crippen molar-refractivity contribution in [2.45, 2.75) is 12.5 Å². The lowest BCUT2D eigenvalue weighted by molar-refractivity contribution is 0.576. The van der Waals surface area contributed by atoms with E-state index in [4.69, 9.17) is 23.2 Å². The van der Waals surface area contributed by atoms with E-state index in [-0.39, 0.29) is 6.04 Å². The molecule has 0 aliphatic carbocycles. The number of nitrogens with one attached hydrogen (secondary N) is 1. The summed E-state index contributed by atoms with van der Waals surface area (Å²) in [4.78, 5) is 0. The van der Waals surface area contributed by atoms with E-state index in [1.165, 1.54) is 12.1 Å². The molecule has 0 fully saturated rings. The lowest BCUT2D eigenvalue weighted by Crippen LogP contribution is -2.06. The second kappa shape index (κ2) is 4.66. The van der Waals surface area contributed by atoms with E-state index in [2.05, 4.69) is 5.32 Å². The molecule has 1 aliphatic heterocycles. The van der Waals surface area contributed by atoms with Crippen LogP contribution in [0.5, 0.6) is 0 Å². The fraction of sp³-hybridized carbons (Fsp3) is 0.143. The zero-order valence-corrected chi connectivity index (χ0v) is 11.2. The van der Waals surface area contributed by atoms with Crippen LogP contribution in [0.3, 0.4) is 0 Å². The minimum absolute atomic E-state index is 0.172. The van der Waals surface area contributed by atoms with Gasteiger partial charge in [-0.2, -0.15) is 0 Å². The summed E-state index contributed by atoms with van der Waals surface area (Å²) in [5.74, 6) is -1.16. The quantitative estimate of drug-likeness (QED) is 0.783. The smallest absolute Gasteiger partial charge is 0.126 e. The van der Waals surface area contributed by atoms with Crippen molar-refractivity contribution in [2.75, 3.05) is 5.32 Å². The van der Waals surface area contributed by atoms with Crippen molar-refractivity contribution >= 4 is 28.9 Å². The summed E-state index contributed by atoms with van der Waals surface area (Å²) in [7, 11) is 0. The molecule has 0 bridgehead atoms. The van der Waals surface area contributed by atoms with Crippen molar-refractivity contribution < 1.29 is 8.78 Å². The van der Waals surface area contributed by atoms with Crippen LogP contribution in [0.25, 0.3) is 0 Å². The first-order valence-electron chi connectivity index (χ1n) is 5.73. The number of rotatable bonds is 1. The second-order valence-electron chi connectivity index (χ2n) is 4.53. The van der Waals surface area contributed by atoms with Gasteiger partial charge in [0.05, 0.1) is 16.1 Å². The molecule has 5 heteroatoms. The van der Waals surface area contributed by atoms with E-state index < -0.39 is 11.6 Å². The van der Waals surface area contributed by atoms with Gasteiger partial charge in [-0.05, 0) is 41.8 Å². The summed E-state index contributed by atoms with van der Waals surface area (Å²) >= 11 is 11.9. The van der Waals surface area contributed by atoms with Crippen LogP contribution in [-0.4, -0.2) is 0 Å². The number of fused-ring (bicyclic) bond motifs is 1. The molecule has 2 aromatic rings. The molecule has 98 valence electrons. The summed E-state index contributed by atoms with van der Waals surface area (Å²) in [5.41, 5.74) is 2.41. The first-order chi connectivity index (χ1) is 9.02.